The molecule has 2 aliphatic heterocycles. The maximum absolute atomic E-state index is 12.1. The quantitative estimate of drug-likeness (QED) is 0.727. The molecule has 1 N–H and O–H groups in total. The van der Waals surface area contributed by atoms with E-state index in [9.17, 15) is 9.59 Å². The fraction of sp³-hybridized carbons (Fsp3) is 0.857. The Labute approximate surface area is 108 Å². The van der Waals surface area contributed by atoms with E-state index in [0.717, 1.165) is 12.8 Å². The van der Waals surface area contributed by atoms with Crippen LogP contribution >= 0.6 is 0 Å². The molecule has 102 valence electrons. The molecule has 4 heteroatoms. The Morgan fingerprint density at radius 1 is 1.28 bits per heavy atom. The third-order valence-electron chi connectivity index (χ3n) is 4.60. The van der Waals surface area contributed by atoms with Crippen LogP contribution in [0.1, 0.15) is 53.9 Å². The van der Waals surface area contributed by atoms with Gasteiger partial charge in [-0.05, 0) is 40.5 Å². The van der Waals surface area contributed by atoms with E-state index >= 15 is 0 Å². The number of piperidine rings is 1. The molecule has 2 amide bonds. The van der Waals surface area contributed by atoms with E-state index in [1.165, 1.54) is 0 Å². The van der Waals surface area contributed by atoms with Crippen LogP contribution in [0.5, 0.6) is 0 Å². The Morgan fingerprint density at radius 3 is 2.33 bits per heavy atom. The standard InChI is InChI=1S/C14H23NO3/c1-6-9-11(17)15-10(16)7-14(9)8-12(2,3)18-13(14,4)5/h9H,6-8H2,1-5H3,(H,15,16,17). The Bertz CT molecular complexity index is 400. The van der Waals surface area contributed by atoms with Crippen molar-refractivity contribution >= 4 is 11.8 Å². The topological polar surface area (TPSA) is 55.4 Å². The number of hydrogen-bond donors (Lipinski definition) is 1. The first-order valence-electron chi connectivity index (χ1n) is 6.67. The zero-order chi connectivity index (χ0) is 13.8. The minimum Gasteiger partial charge on any atom is -0.369 e. The van der Waals surface area contributed by atoms with E-state index in [2.05, 4.69) is 5.32 Å². The number of imide groups is 1. The highest BCUT2D eigenvalue weighted by atomic mass is 16.5. The highest BCUT2D eigenvalue weighted by Crippen LogP contribution is 2.59. The number of nitrogens with one attached hydrogen (secondary N) is 1. The van der Waals surface area contributed by atoms with Gasteiger partial charge in [0.05, 0.1) is 11.2 Å². The van der Waals surface area contributed by atoms with Gasteiger partial charge >= 0.3 is 0 Å². The van der Waals surface area contributed by atoms with Crippen molar-refractivity contribution in [2.45, 2.75) is 65.1 Å². The van der Waals surface area contributed by atoms with Crippen LogP contribution in [0.15, 0.2) is 0 Å². The summed E-state index contributed by atoms with van der Waals surface area (Å²) >= 11 is 0. The summed E-state index contributed by atoms with van der Waals surface area (Å²) in [5, 5.41) is 2.46. The molecule has 0 aromatic heterocycles. The van der Waals surface area contributed by atoms with Crippen LogP contribution in [0.2, 0.25) is 0 Å². The summed E-state index contributed by atoms with van der Waals surface area (Å²) in [4.78, 5) is 23.9. The molecular formula is C14H23NO3. The van der Waals surface area contributed by atoms with Crippen molar-refractivity contribution in [1.29, 1.82) is 0 Å². The summed E-state index contributed by atoms with van der Waals surface area (Å²) < 4.78 is 6.13. The normalized spacial score (nSPS) is 37.9. The largest absolute Gasteiger partial charge is 0.369 e. The Hall–Kier alpha value is -0.900. The van der Waals surface area contributed by atoms with E-state index < -0.39 is 5.60 Å². The van der Waals surface area contributed by atoms with Gasteiger partial charge in [-0.2, -0.15) is 0 Å². The van der Waals surface area contributed by atoms with Gasteiger partial charge in [-0.25, -0.2) is 0 Å². The highest BCUT2D eigenvalue weighted by Gasteiger charge is 2.63. The van der Waals surface area contributed by atoms with Crippen molar-refractivity contribution in [3.05, 3.63) is 0 Å². The second-order valence-corrected chi connectivity index (χ2v) is 6.76. The van der Waals surface area contributed by atoms with Gasteiger partial charge in [0.1, 0.15) is 0 Å². The molecule has 0 saturated carbocycles. The molecule has 0 radical (unpaired) electrons. The molecule has 1 spiro atoms. The van der Waals surface area contributed by atoms with Crippen LogP contribution in [0, 0.1) is 11.3 Å². The first-order valence-corrected chi connectivity index (χ1v) is 6.67. The fourth-order valence-corrected chi connectivity index (χ4v) is 4.12. The number of carbonyl (C=O) groups excluding carboxylic acids is 2. The minimum atomic E-state index is -0.454. The van der Waals surface area contributed by atoms with Gasteiger partial charge in [0, 0.05) is 17.8 Å². The van der Waals surface area contributed by atoms with Crippen molar-refractivity contribution < 1.29 is 14.3 Å². The SMILES string of the molecule is CCC1C(=O)NC(=O)CC12CC(C)(C)OC2(C)C. The van der Waals surface area contributed by atoms with Crippen LogP contribution in [-0.4, -0.2) is 23.0 Å². The van der Waals surface area contributed by atoms with Crippen molar-refractivity contribution in [2.24, 2.45) is 11.3 Å². The summed E-state index contributed by atoms with van der Waals surface area (Å²) in [6.45, 7) is 10.1. The van der Waals surface area contributed by atoms with Crippen molar-refractivity contribution in [3.8, 4) is 0 Å². The third kappa shape index (κ3) is 1.78. The van der Waals surface area contributed by atoms with Crippen molar-refractivity contribution in [2.75, 3.05) is 0 Å². The van der Waals surface area contributed by atoms with Gasteiger partial charge in [-0.3, -0.25) is 14.9 Å². The van der Waals surface area contributed by atoms with Crippen LogP contribution in [0.25, 0.3) is 0 Å². The first-order chi connectivity index (χ1) is 8.13. The number of ether oxygens (including phenoxy) is 1. The number of hydrogen-bond acceptors (Lipinski definition) is 3. The van der Waals surface area contributed by atoms with Crippen LogP contribution in [-0.2, 0) is 14.3 Å². The molecule has 0 bridgehead atoms. The molecule has 0 aromatic rings. The zero-order valence-corrected chi connectivity index (χ0v) is 11.9. The molecule has 2 unspecified atom stereocenters. The molecule has 0 aromatic carbocycles. The first kappa shape index (κ1) is 13.5. The summed E-state index contributed by atoms with van der Waals surface area (Å²) in [5.74, 6) is -0.450. The summed E-state index contributed by atoms with van der Waals surface area (Å²) in [6.07, 6.45) is 1.88. The van der Waals surface area contributed by atoms with Gasteiger partial charge in [0.15, 0.2) is 0 Å². The summed E-state index contributed by atoms with van der Waals surface area (Å²) in [7, 11) is 0. The van der Waals surface area contributed by atoms with Gasteiger partial charge in [0.25, 0.3) is 0 Å². The molecule has 18 heavy (non-hydrogen) atoms. The maximum atomic E-state index is 12.1. The lowest BCUT2D eigenvalue weighted by Gasteiger charge is -2.46. The lowest BCUT2D eigenvalue weighted by atomic mass is 9.58. The monoisotopic (exact) mass is 253 g/mol. The van der Waals surface area contributed by atoms with Crippen LogP contribution in [0.3, 0.4) is 0 Å². The summed E-state index contributed by atoms with van der Waals surface area (Å²) in [5.41, 5.74) is -1.11. The minimum absolute atomic E-state index is 0.136. The number of carbonyl (C=O) groups is 2. The van der Waals surface area contributed by atoms with E-state index in [-0.39, 0.29) is 28.7 Å². The van der Waals surface area contributed by atoms with Crippen molar-refractivity contribution in [3.63, 3.8) is 0 Å². The second kappa shape index (κ2) is 3.80. The molecule has 2 fully saturated rings. The molecule has 0 aliphatic carbocycles. The van der Waals surface area contributed by atoms with Gasteiger partial charge in [0.2, 0.25) is 11.8 Å². The van der Waals surface area contributed by atoms with Crippen LogP contribution in [0.4, 0.5) is 0 Å². The molecule has 2 atom stereocenters. The van der Waals surface area contributed by atoms with Gasteiger partial charge in [-0.15, -0.1) is 0 Å². The van der Waals surface area contributed by atoms with E-state index in [0.29, 0.717) is 6.42 Å². The van der Waals surface area contributed by atoms with E-state index in [1.807, 2.05) is 34.6 Å². The van der Waals surface area contributed by atoms with Gasteiger partial charge < -0.3 is 4.74 Å². The Morgan fingerprint density at radius 2 is 1.89 bits per heavy atom. The van der Waals surface area contributed by atoms with Gasteiger partial charge in [-0.1, -0.05) is 6.92 Å². The molecule has 4 nitrogen and oxygen atoms in total. The molecule has 2 heterocycles. The predicted octanol–water partition coefficient (Wildman–Crippen LogP) is 2.02. The van der Waals surface area contributed by atoms with E-state index in [1.54, 1.807) is 0 Å². The molecule has 2 saturated heterocycles. The molecule has 2 aliphatic rings. The van der Waals surface area contributed by atoms with Crippen LogP contribution < -0.4 is 5.32 Å². The smallest absolute Gasteiger partial charge is 0.230 e. The van der Waals surface area contributed by atoms with E-state index in [4.69, 9.17) is 4.74 Å². The second-order valence-electron chi connectivity index (χ2n) is 6.76. The molecular weight excluding hydrogens is 230 g/mol. The molecule has 2 rings (SSSR count). The highest BCUT2D eigenvalue weighted by molar-refractivity contribution is 6.00. The summed E-state index contributed by atoms with van der Waals surface area (Å²) in [6, 6.07) is 0. The fourth-order valence-electron chi connectivity index (χ4n) is 4.12. The lowest BCUT2D eigenvalue weighted by Crippen LogP contribution is -2.58. The predicted molar refractivity (Wildman–Crippen MR) is 67.8 cm³/mol. The lowest BCUT2D eigenvalue weighted by molar-refractivity contribution is -0.156. The number of rotatable bonds is 1. The van der Waals surface area contributed by atoms with Crippen molar-refractivity contribution in [1.82, 2.24) is 5.32 Å². The number of amides is 2. The maximum Gasteiger partial charge on any atom is 0.230 e. The average molecular weight is 253 g/mol. The Balaban J connectivity index is 2.49. The zero-order valence-electron chi connectivity index (χ0n) is 11.9. The third-order valence-corrected chi connectivity index (χ3v) is 4.60. The average Bonchev–Trinajstić information content (AvgIpc) is 2.30. The Kier molecular flexibility index (Phi) is 2.85.